The van der Waals surface area contributed by atoms with E-state index in [9.17, 15) is 14.4 Å². The van der Waals surface area contributed by atoms with Crippen molar-refractivity contribution < 1.29 is 18.7 Å². The van der Waals surface area contributed by atoms with Crippen LogP contribution in [0.2, 0.25) is 0 Å². The minimum atomic E-state index is -0.517. The average Bonchev–Trinajstić information content (AvgIpc) is 2.80. The van der Waals surface area contributed by atoms with E-state index in [1.807, 2.05) is 38.1 Å². The van der Waals surface area contributed by atoms with Crippen molar-refractivity contribution in [1.29, 1.82) is 5.26 Å². The van der Waals surface area contributed by atoms with Crippen LogP contribution in [0, 0.1) is 31.0 Å². The van der Waals surface area contributed by atoms with Gasteiger partial charge in [-0.15, -0.1) is 0 Å². The van der Waals surface area contributed by atoms with Crippen LogP contribution in [0.3, 0.4) is 0 Å². The fourth-order valence-electron chi connectivity index (χ4n) is 3.07. The highest BCUT2D eigenvalue weighted by atomic mass is 79.9. The van der Waals surface area contributed by atoms with Crippen LogP contribution in [0.25, 0.3) is 6.08 Å². The maximum absolute atomic E-state index is 13.9. The molecule has 0 fully saturated rings. The summed E-state index contributed by atoms with van der Waals surface area (Å²) in [7, 11) is 1.48. The number of nitrogens with zero attached hydrogens (tertiary/aromatic N) is 1. The molecule has 33 heavy (non-hydrogen) atoms. The third-order valence-corrected chi connectivity index (χ3v) is 5.62. The van der Waals surface area contributed by atoms with Crippen molar-refractivity contribution in [2.24, 2.45) is 0 Å². The highest BCUT2D eigenvalue weighted by Crippen LogP contribution is 2.35. The van der Waals surface area contributed by atoms with Crippen molar-refractivity contribution in [3.63, 3.8) is 0 Å². The van der Waals surface area contributed by atoms with E-state index in [1.165, 1.54) is 19.3 Å². The van der Waals surface area contributed by atoms with Crippen LogP contribution >= 0.6 is 15.9 Å². The molecule has 0 unspecified atom stereocenters. The van der Waals surface area contributed by atoms with Gasteiger partial charge in [-0.25, -0.2) is 4.39 Å². The molecule has 0 radical (unpaired) electrons. The number of halogens is 2. The summed E-state index contributed by atoms with van der Waals surface area (Å²) in [6.07, 6.45) is 1.47. The fraction of sp³-hybridized carbons (Fsp3) is 0.154. The zero-order valence-electron chi connectivity index (χ0n) is 18.4. The summed E-state index contributed by atoms with van der Waals surface area (Å²) in [5.41, 5.74) is 3.43. The summed E-state index contributed by atoms with van der Waals surface area (Å²) >= 11 is 3.45. The van der Waals surface area contributed by atoms with Gasteiger partial charge in [0.15, 0.2) is 11.5 Å². The van der Waals surface area contributed by atoms with Gasteiger partial charge in [0, 0.05) is 15.7 Å². The van der Waals surface area contributed by atoms with E-state index in [0.29, 0.717) is 32.8 Å². The van der Waals surface area contributed by atoms with Gasteiger partial charge in [-0.3, -0.25) is 4.79 Å². The largest absolute Gasteiger partial charge is 0.493 e. The Labute approximate surface area is 200 Å². The summed E-state index contributed by atoms with van der Waals surface area (Å²) in [4.78, 5) is 12.7. The number of nitriles is 1. The number of rotatable bonds is 7. The Morgan fingerprint density at radius 1 is 1.15 bits per heavy atom. The van der Waals surface area contributed by atoms with Crippen LogP contribution < -0.4 is 14.8 Å². The minimum absolute atomic E-state index is 0.0202. The number of methoxy groups -OCH3 is 1. The van der Waals surface area contributed by atoms with E-state index in [2.05, 4.69) is 21.2 Å². The lowest BCUT2D eigenvalue weighted by Crippen LogP contribution is -2.14. The predicted octanol–water partition coefficient (Wildman–Crippen LogP) is 6.34. The highest BCUT2D eigenvalue weighted by molar-refractivity contribution is 9.10. The SMILES string of the molecule is COc1cc(/C=C(\C#N)C(=O)Nc2cc(C)ccc2C)c(Br)cc1OCc1ccccc1F. The Bertz CT molecular complexity index is 1260. The van der Waals surface area contributed by atoms with Gasteiger partial charge in [0.05, 0.1) is 7.11 Å². The second-order valence-electron chi connectivity index (χ2n) is 7.35. The molecule has 0 aliphatic rings. The molecule has 0 aliphatic carbocycles. The molecule has 0 heterocycles. The molecule has 0 saturated heterocycles. The molecule has 1 N–H and O–H groups in total. The molecule has 0 spiro atoms. The van der Waals surface area contributed by atoms with Gasteiger partial charge in [0.2, 0.25) is 0 Å². The second kappa shape index (κ2) is 10.8. The monoisotopic (exact) mass is 508 g/mol. The molecule has 3 rings (SSSR count). The first-order valence-electron chi connectivity index (χ1n) is 10.1. The first-order valence-corrected chi connectivity index (χ1v) is 10.9. The van der Waals surface area contributed by atoms with Crippen molar-refractivity contribution >= 4 is 33.6 Å². The molecule has 0 bridgehead atoms. The lowest BCUT2D eigenvalue weighted by atomic mass is 10.1. The maximum Gasteiger partial charge on any atom is 0.266 e. The van der Waals surface area contributed by atoms with Gasteiger partial charge in [0.25, 0.3) is 5.91 Å². The van der Waals surface area contributed by atoms with Crippen molar-refractivity contribution in [2.75, 3.05) is 12.4 Å². The molecule has 3 aromatic rings. The number of amides is 1. The zero-order chi connectivity index (χ0) is 24.0. The summed E-state index contributed by atoms with van der Waals surface area (Å²) < 4.78 is 25.6. The van der Waals surface area contributed by atoms with E-state index >= 15 is 0 Å². The quantitative estimate of drug-likeness (QED) is 0.298. The summed E-state index contributed by atoms with van der Waals surface area (Å²) in [6, 6.07) is 17.3. The number of anilines is 1. The highest BCUT2D eigenvalue weighted by Gasteiger charge is 2.15. The van der Waals surface area contributed by atoms with Crippen molar-refractivity contribution in [3.05, 3.63) is 92.7 Å². The molecular formula is C26H22BrFN2O3. The zero-order valence-corrected chi connectivity index (χ0v) is 20.0. The Morgan fingerprint density at radius 3 is 2.61 bits per heavy atom. The number of carbonyl (C=O) groups excluding carboxylic acids is 1. The fourth-order valence-corrected chi connectivity index (χ4v) is 3.51. The predicted molar refractivity (Wildman–Crippen MR) is 130 cm³/mol. The lowest BCUT2D eigenvalue weighted by Gasteiger charge is -2.13. The number of nitrogens with one attached hydrogen (secondary N) is 1. The second-order valence-corrected chi connectivity index (χ2v) is 8.20. The molecule has 0 aliphatic heterocycles. The molecule has 0 aromatic heterocycles. The molecule has 0 atom stereocenters. The maximum atomic E-state index is 13.9. The number of benzene rings is 3. The summed E-state index contributed by atoms with van der Waals surface area (Å²) in [5, 5.41) is 12.4. The third kappa shape index (κ3) is 5.99. The van der Waals surface area contributed by atoms with Crippen molar-refractivity contribution in [3.8, 4) is 17.6 Å². The summed E-state index contributed by atoms with van der Waals surface area (Å²) in [5.74, 6) is -0.100. The number of hydrogen-bond acceptors (Lipinski definition) is 4. The van der Waals surface area contributed by atoms with Crippen molar-refractivity contribution in [1.82, 2.24) is 0 Å². The Hall–Kier alpha value is -3.63. The van der Waals surface area contributed by atoms with Crippen LogP contribution in [-0.4, -0.2) is 13.0 Å². The van der Waals surface area contributed by atoms with E-state index < -0.39 is 5.91 Å². The van der Waals surface area contributed by atoms with Crippen LogP contribution in [0.15, 0.2) is 64.6 Å². The van der Waals surface area contributed by atoms with Crippen LogP contribution in [0.5, 0.6) is 11.5 Å². The average molecular weight is 509 g/mol. The number of ether oxygens (including phenoxy) is 2. The van der Waals surface area contributed by atoms with Crippen molar-refractivity contribution in [2.45, 2.75) is 20.5 Å². The molecule has 5 nitrogen and oxygen atoms in total. The first kappa shape index (κ1) is 24.0. The van der Waals surface area contributed by atoms with Gasteiger partial charge in [-0.2, -0.15) is 5.26 Å². The Balaban J connectivity index is 1.85. The first-order chi connectivity index (χ1) is 15.8. The molecule has 1 amide bonds. The molecular weight excluding hydrogens is 487 g/mol. The van der Waals surface area contributed by atoms with Crippen LogP contribution in [-0.2, 0) is 11.4 Å². The standard InChI is InChI=1S/C26H22BrFN2O3/c1-16-8-9-17(2)23(10-16)30-26(31)20(14-29)11-19-12-24(32-3)25(13-21(19)27)33-15-18-6-4-5-7-22(18)28/h4-13H,15H2,1-3H3,(H,30,31)/b20-11+. The van der Waals surface area contributed by atoms with Gasteiger partial charge in [-0.1, -0.05) is 46.3 Å². The Kier molecular flexibility index (Phi) is 7.86. The van der Waals surface area contributed by atoms with E-state index in [1.54, 1.807) is 30.3 Å². The van der Waals surface area contributed by atoms with E-state index in [4.69, 9.17) is 9.47 Å². The molecule has 7 heteroatoms. The molecule has 3 aromatic carbocycles. The smallest absolute Gasteiger partial charge is 0.266 e. The lowest BCUT2D eigenvalue weighted by molar-refractivity contribution is -0.112. The third-order valence-electron chi connectivity index (χ3n) is 4.93. The topological polar surface area (TPSA) is 71.3 Å². The van der Waals surface area contributed by atoms with Gasteiger partial charge < -0.3 is 14.8 Å². The van der Waals surface area contributed by atoms with Gasteiger partial charge in [0.1, 0.15) is 24.1 Å². The molecule has 168 valence electrons. The minimum Gasteiger partial charge on any atom is -0.493 e. The van der Waals surface area contributed by atoms with E-state index in [-0.39, 0.29) is 18.0 Å². The number of aryl methyl sites for hydroxylation is 2. The van der Waals surface area contributed by atoms with Crippen LogP contribution in [0.4, 0.5) is 10.1 Å². The van der Waals surface area contributed by atoms with E-state index in [0.717, 1.165) is 11.1 Å². The number of carbonyl (C=O) groups is 1. The summed E-state index contributed by atoms with van der Waals surface area (Å²) in [6.45, 7) is 3.83. The van der Waals surface area contributed by atoms with Crippen LogP contribution in [0.1, 0.15) is 22.3 Å². The molecule has 0 saturated carbocycles. The Morgan fingerprint density at radius 2 is 1.91 bits per heavy atom. The normalized spacial score (nSPS) is 11.0. The van der Waals surface area contributed by atoms with Gasteiger partial charge in [-0.05, 0) is 60.9 Å². The number of hydrogen-bond donors (Lipinski definition) is 1. The van der Waals surface area contributed by atoms with Gasteiger partial charge >= 0.3 is 0 Å².